The van der Waals surface area contributed by atoms with Crippen molar-refractivity contribution in [2.75, 3.05) is 23.3 Å². The molecule has 0 saturated carbocycles. The van der Waals surface area contributed by atoms with Gasteiger partial charge in [0.2, 0.25) is 0 Å². The first-order chi connectivity index (χ1) is 17.5. The van der Waals surface area contributed by atoms with Crippen LogP contribution in [0.2, 0.25) is 0 Å². The highest BCUT2D eigenvalue weighted by Crippen LogP contribution is 2.28. The van der Waals surface area contributed by atoms with Gasteiger partial charge < -0.3 is 19.9 Å². The van der Waals surface area contributed by atoms with Crippen LogP contribution in [0.4, 0.5) is 11.5 Å². The van der Waals surface area contributed by atoms with Gasteiger partial charge in [0, 0.05) is 55.1 Å². The van der Waals surface area contributed by atoms with E-state index in [2.05, 4.69) is 83.2 Å². The summed E-state index contributed by atoms with van der Waals surface area (Å²) in [4.78, 5) is 13.5. The molecule has 188 valence electrons. The molecule has 7 heteroatoms. The first kappa shape index (κ1) is 24.7. The third-order valence-corrected chi connectivity index (χ3v) is 7.80. The predicted molar refractivity (Wildman–Crippen MR) is 150 cm³/mol. The Morgan fingerprint density at radius 3 is 2.53 bits per heavy atom. The van der Waals surface area contributed by atoms with Gasteiger partial charge in [-0.15, -0.1) is 11.8 Å². The monoisotopic (exact) mass is 501 g/mol. The molecule has 0 unspecified atom stereocenters. The van der Waals surface area contributed by atoms with Gasteiger partial charge in [-0.3, -0.25) is 0 Å². The van der Waals surface area contributed by atoms with Crippen molar-refractivity contribution in [2.24, 2.45) is 7.05 Å². The molecular weight excluding hydrogens is 466 g/mol. The van der Waals surface area contributed by atoms with Crippen LogP contribution in [0.15, 0.2) is 65.7 Å². The highest BCUT2D eigenvalue weighted by molar-refractivity contribution is 8.00. The van der Waals surface area contributed by atoms with E-state index >= 15 is 0 Å². The van der Waals surface area contributed by atoms with Crippen LogP contribution in [-0.2, 0) is 20.0 Å². The van der Waals surface area contributed by atoms with Crippen molar-refractivity contribution in [1.29, 1.82) is 0 Å². The minimum Gasteiger partial charge on any atom is -0.393 e. The Hall–Kier alpha value is -3.03. The maximum atomic E-state index is 9.78. The molecule has 0 amide bonds. The van der Waals surface area contributed by atoms with Gasteiger partial charge in [0.15, 0.2) is 5.82 Å². The number of rotatable bonds is 8. The molecule has 0 aliphatic carbocycles. The van der Waals surface area contributed by atoms with Crippen LogP contribution >= 0.6 is 11.8 Å². The highest BCUT2D eigenvalue weighted by atomic mass is 32.2. The third kappa shape index (κ3) is 5.68. The number of hydrogen-bond acceptors (Lipinski definition) is 6. The summed E-state index contributed by atoms with van der Waals surface area (Å²) in [6, 6.07) is 19.3. The second-order valence-corrected chi connectivity index (χ2v) is 11.5. The fraction of sp³-hybridized carbons (Fsp3) is 0.379. The van der Waals surface area contributed by atoms with Gasteiger partial charge in [0.05, 0.1) is 11.6 Å². The lowest BCUT2D eigenvalue weighted by atomic mass is 10.1. The zero-order valence-corrected chi connectivity index (χ0v) is 22.1. The quantitative estimate of drug-likeness (QED) is 0.305. The first-order valence-corrected chi connectivity index (χ1v) is 13.7. The number of thioether (sulfide) groups is 1. The average Bonchev–Trinajstić information content (AvgIpc) is 3.24. The number of nitrogens with one attached hydrogen (secondary N) is 1. The van der Waals surface area contributed by atoms with Crippen molar-refractivity contribution in [3.05, 3.63) is 77.7 Å². The fourth-order valence-electron chi connectivity index (χ4n) is 4.77. The van der Waals surface area contributed by atoms with Crippen molar-refractivity contribution >= 4 is 34.3 Å². The van der Waals surface area contributed by atoms with E-state index in [0.29, 0.717) is 18.2 Å². The molecule has 2 aromatic carbocycles. The van der Waals surface area contributed by atoms with E-state index in [0.717, 1.165) is 48.6 Å². The van der Waals surface area contributed by atoms with Gasteiger partial charge in [-0.05, 0) is 48.2 Å². The Balaban J connectivity index is 1.35. The number of fused-ring (bicyclic) bond motifs is 1. The molecule has 4 aromatic rings. The molecule has 36 heavy (non-hydrogen) atoms. The second-order valence-electron chi connectivity index (χ2n) is 9.84. The summed E-state index contributed by atoms with van der Waals surface area (Å²) >= 11 is 1.89. The maximum absolute atomic E-state index is 9.78. The third-order valence-electron chi connectivity index (χ3n) is 6.68. The zero-order chi connectivity index (χ0) is 25.1. The van der Waals surface area contributed by atoms with Crippen LogP contribution in [0, 0.1) is 0 Å². The van der Waals surface area contributed by atoms with E-state index in [-0.39, 0.29) is 6.10 Å². The van der Waals surface area contributed by atoms with Gasteiger partial charge in [0.25, 0.3) is 0 Å². The van der Waals surface area contributed by atoms with E-state index in [1.54, 1.807) is 0 Å². The van der Waals surface area contributed by atoms with Crippen molar-refractivity contribution in [3.63, 3.8) is 0 Å². The van der Waals surface area contributed by atoms with E-state index in [4.69, 9.17) is 9.97 Å². The van der Waals surface area contributed by atoms with E-state index in [9.17, 15) is 5.11 Å². The summed E-state index contributed by atoms with van der Waals surface area (Å²) in [5.74, 6) is 1.69. The molecule has 6 nitrogen and oxygen atoms in total. The van der Waals surface area contributed by atoms with Crippen LogP contribution in [0.25, 0.3) is 11.0 Å². The SMILES string of the molecule is CC(C)Sc1ccccc1CNc1nc(Cc2ccc(N3CCC(O)CC3)cc2)nc2ccn(C)c12. The lowest BCUT2D eigenvalue weighted by Gasteiger charge is -2.31. The number of piperidine rings is 1. The lowest BCUT2D eigenvalue weighted by molar-refractivity contribution is 0.145. The van der Waals surface area contributed by atoms with Gasteiger partial charge in [-0.1, -0.05) is 44.2 Å². The van der Waals surface area contributed by atoms with Crippen LogP contribution in [0.3, 0.4) is 0 Å². The van der Waals surface area contributed by atoms with Crippen LogP contribution in [0.1, 0.15) is 43.6 Å². The molecule has 2 aromatic heterocycles. The summed E-state index contributed by atoms with van der Waals surface area (Å²) in [6.07, 6.45) is 4.24. The molecule has 5 rings (SSSR count). The number of aryl methyl sites for hydroxylation is 1. The van der Waals surface area contributed by atoms with Gasteiger partial charge in [0.1, 0.15) is 11.3 Å². The smallest absolute Gasteiger partial charge is 0.154 e. The van der Waals surface area contributed by atoms with Crippen molar-refractivity contribution in [1.82, 2.24) is 14.5 Å². The Kier molecular flexibility index (Phi) is 7.48. The van der Waals surface area contributed by atoms with Crippen molar-refractivity contribution in [3.8, 4) is 0 Å². The summed E-state index contributed by atoms with van der Waals surface area (Å²) in [5, 5.41) is 13.9. The van der Waals surface area contributed by atoms with Gasteiger partial charge in [-0.2, -0.15) is 0 Å². The topological polar surface area (TPSA) is 66.2 Å². The summed E-state index contributed by atoms with van der Waals surface area (Å²) in [7, 11) is 2.04. The Morgan fingerprint density at radius 2 is 1.78 bits per heavy atom. The predicted octanol–water partition coefficient (Wildman–Crippen LogP) is 5.63. The number of aromatic nitrogens is 3. The zero-order valence-electron chi connectivity index (χ0n) is 21.3. The normalized spacial score (nSPS) is 14.6. The maximum Gasteiger partial charge on any atom is 0.154 e. The molecule has 1 aliphatic rings. The molecule has 1 saturated heterocycles. The van der Waals surface area contributed by atoms with E-state index < -0.39 is 0 Å². The molecule has 0 bridgehead atoms. The Labute approximate surface area is 217 Å². The van der Waals surface area contributed by atoms with E-state index in [1.807, 2.05) is 25.0 Å². The highest BCUT2D eigenvalue weighted by Gasteiger charge is 2.17. The summed E-state index contributed by atoms with van der Waals surface area (Å²) in [6.45, 7) is 6.97. The molecule has 0 atom stereocenters. The van der Waals surface area contributed by atoms with Crippen LogP contribution in [0.5, 0.6) is 0 Å². The molecule has 0 radical (unpaired) electrons. The van der Waals surface area contributed by atoms with Crippen molar-refractivity contribution < 1.29 is 5.11 Å². The van der Waals surface area contributed by atoms with Crippen LogP contribution in [-0.4, -0.2) is 44.1 Å². The van der Waals surface area contributed by atoms with Gasteiger partial charge >= 0.3 is 0 Å². The minimum atomic E-state index is -0.157. The average molecular weight is 502 g/mol. The number of aliphatic hydroxyl groups is 1. The lowest BCUT2D eigenvalue weighted by Crippen LogP contribution is -2.35. The molecule has 3 heterocycles. The van der Waals surface area contributed by atoms with Crippen molar-refractivity contribution in [2.45, 2.75) is 55.9 Å². The standard InChI is InChI=1S/C29H35N5OS/c1-20(2)36-26-7-5-4-6-22(26)19-30-29-28-25(14-15-33(28)3)31-27(32-29)18-21-8-10-23(11-9-21)34-16-12-24(35)13-17-34/h4-11,14-15,20,24,35H,12-13,16-19H2,1-3H3,(H,30,31,32). The van der Waals surface area contributed by atoms with Crippen LogP contribution < -0.4 is 10.2 Å². The number of aliphatic hydroxyl groups excluding tert-OH is 1. The number of hydrogen-bond donors (Lipinski definition) is 2. The molecule has 0 spiro atoms. The number of benzene rings is 2. The van der Waals surface area contributed by atoms with E-state index in [1.165, 1.54) is 21.7 Å². The number of anilines is 2. The first-order valence-electron chi connectivity index (χ1n) is 12.8. The van der Waals surface area contributed by atoms with Gasteiger partial charge in [-0.25, -0.2) is 9.97 Å². The fourth-order valence-corrected chi connectivity index (χ4v) is 5.73. The Morgan fingerprint density at radius 1 is 1.03 bits per heavy atom. The molecular formula is C29H35N5OS. The summed E-state index contributed by atoms with van der Waals surface area (Å²) < 4.78 is 2.08. The number of nitrogens with zero attached hydrogens (tertiary/aromatic N) is 4. The Bertz CT molecular complexity index is 1310. The largest absolute Gasteiger partial charge is 0.393 e. The minimum absolute atomic E-state index is 0.157. The molecule has 1 aliphatic heterocycles. The second kappa shape index (κ2) is 10.9. The summed E-state index contributed by atoms with van der Waals surface area (Å²) in [5.41, 5.74) is 5.66. The molecule has 2 N–H and O–H groups in total. The molecule has 1 fully saturated rings.